The van der Waals surface area contributed by atoms with E-state index >= 15 is 0 Å². The van der Waals surface area contributed by atoms with Crippen molar-refractivity contribution in [2.45, 2.75) is 12.5 Å². The minimum atomic E-state index is -0.464. The fourth-order valence-electron chi connectivity index (χ4n) is 2.82. The van der Waals surface area contributed by atoms with Gasteiger partial charge < -0.3 is 4.74 Å². The standard InChI is InChI=1S/C16H12BrO3.C5H5.Fe/c17-12-7-5-10(6-8-12)15(19)13-9-14(18)20-16(13)11-3-1-2-4-11;1-2-4-5-3-1;/h1-8,13,16H,9H2;1-5H;/t13-,16-;;/m0../s1. The van der Waals surface area contributed by atoms with Crippen molar-refractivity contribution < 1.29 is 31.4 Å². The summed E-state index contributed by atoms with van der Waals surface area (Å²) in [6.45, 7) is 0. The van der Waals surface area contributed by atoms with Gasteiger partial charge in [-0.25, -0.2) is 0 Å². The predicted octanol–water partition coefficient (Wildman–Crippen LogP) is 4.58. The molecule has 0 spiro atoms. The molecule has 0 amide bonds. The van der Waals surface area contributed by atoms with Gasteiger partial charge >= 0.3 is 5.97 Å². The van der Waals surface area contributed by atoms with Crippen LogP contribution in [0.2, 0.25) is 0 Å². The smallest absolute Gasteiger partial charge is 0.307 e. The molecule has 26 heavy (non-hydrogen) atoms. The number of allylic oxidation sites excluding steroid dienone is 6. The molecule has 1 fully saturated rings. The Bertz CT molecular complexity index is 765. The third-order valence-electron chi connectivity index (χ3n) is 4.05. The number of benzene rings is 1. The first kappa shape index (κ1) is 20.6. The number of Topliss-reactive ketones (excluding diaryl/α,β-unsaturated/α-hetero) is 1. The largest absolute Gasteiger partial charge is 0.457 e. The number of esters is 1. The molecule has 0 bridgehead atoms. The molecule has 3 nitrogen and oxygen atoms in total. The average Bonchev–Trinajstić information content (AvgIpc) is 3.37. The molecule has 1 aromatic rings. The third-order valence-corrected chi connectivity index (χ3v) is 4.58. The zero-order valence-corrected chi connectivity index (χ0v) is 16.5. The van der Waals surface area contributed by atoms with Crippen molar-refractivity contribution in [1.82, 2.24) is 0 Å². The van der Waals surface area contributed by atoms with Gasteiger partial charge in [0.2, 0.25) is 0 Å². The number of ketones is 1. The van der Waals surface area contributed by atoms with Gasteiger partial charge in [-0.15, -0.1) is 0 Å². The number of hydrogen-bond acceptors (Lipinski definition) is 3. The summed E-state index contributed by atoms with van der Waals surface area (Å²) in [4.78, 5) is 24.1. The van der Waals surface area contributed by atoms with Crippen LogP contribution in [0.1, 0.15) is 16.8 Å². The maximum Gasteiger partial charge on any atom is 0.307 e. The van der Waals surface area contributed by atoms with Crippen LogP contribution >= 0.6 is 15.9 Å². The van der Waals surface area contributed by atoms with Crippen molar-refractivity contribution in [3.8, 4) is 0 Å². The van der Waals surface area contributed by atoms with Crippen LogP contribution in [0.15, 0.2) is 76.8 Å². The molecule has 0 aromatic heterocycles. The summed E-state index contributed by atoms with van der Waals surface area (Å²) in [6.07, 6.45) is 17.2. The summed E-state index contributed by atoms with van der Waals surface area (Å²) < 4.78 is 6.23. The number of ether oxygens (including phenoxy) is 1. The van der Waals surface area contributed by atoms with Gasteiger partial charge in [-0.05, 0) is 17.7 Å². The van der Waals surface area contributed by atoms with Crippen LogP contribution in [0.5, 0.6) is 0 Å². The molecule has 1 aromatic carbocycles. The maximum absolute atomic E-state index is 12.6. The molecule has 1 saturated heterocycles. The zero-order chi connectivity index (χ0) is 17.6. The summed E-state index contributed by atoms with van der Waals surface area (Å²) in [7, 11) is 0. The average molecular weight is 453 g/mol. The Morgan fingerprint density at radius 1 is 1.00 bits per heavy atom. The summed E-state index contributed by atoms with van der Waals surface area (Å²) in [5, 5.41) is 0. The Hall–Kier alpha value is -1.68. The molecule has 134 valence electrons. The van der Waals surface area contributed by atoms with E-state index in [-0.39, 0.29) is 35.2 Å². The van der Waals surface area contributed by atoms with E-state index < -0.39 is 12.0 Å². The Balaban J connectivity index is 0.000000351. The molecule has 1 heterocycles. The Morgan fingerprint density at radius 2 is 1.69 bits per heavy atom. The fraction of sp³-hybridized carbons (Fsp3) is 0.143. The minimum Gasteiger partial charge on any atom is -0.457 e. The van der Waals surface area contributed by atoms with Gasteiger partial charge in [-0.1, -0.05) is 70.6 Å². The number of hydrogen-bond donors (Lipinski definition) is 0. The molecular formula is C21H17BrFeO3. The van der Waals surface area contributed by atoms with Crippen LogP contribution in [0.25, 0.3) is 0 Å². The molecule has 2 radical (unpaired) electrons. The minimum absolute atomic E-state index is 0. The van der Waals surface area contributed by atoms with Gasteiger partial charge in [0.15, 0.2) is 5.78 Å². The van der Waals surface area contributed by atoms with Crippen molar-refractivity contribution in [1.29, 1.82) is 0 Å². The molecule has 5 heteroatoms. The van der Waals surface area contributed by atoms with Gasteiger partial charge in [0.05, 0.1) is 12.3 Å². The first-order chi connectivity index (χ1) is 12.1. The number of carbonyl (C=O) groups excluding carboxylic acids is 2. The van der Waals surface area contributed by atoms with E-state index in [1.165, 1.54) is 0 Å². The molecule has 0 N–H and O–H groups in total. The van der Waals surface area contributed by atoms with E-state index in [0.29, 0.717) is 5.56 Å². The molecule has 3 aliphatic rings. The molecule has 2 aliphatic carbocycles. The van der Waals surface area contributed by atoms with E-state index in [1.54, 1.807) is 12.1 Å². The summed E-state index contributed by atoms with van der Waals surface area (Å²) >= 11 is 3.34. The fourth-order valence-corrected chi connectivity index (χ4v) is 3.08. The third kappa shape index (κ3) is 5.16. The normalized spacial score (nSPS) is 22.3. The molecule has 4 rings (SSSR count). The van der Waals surface area contributed by atoms with E-state index in [0.717, 1.165) is 10.0 Å². The maximum atomic E-state index is 12.6. The van der Waals surface area contributed by atoms with Crippen LogP contribution in [-0.2, 0) is 26.6 Å². The summed E-state index contributed by atoms with van der Waals surface area (Å²) in [6, 6.07) is 7.17. The number of rotatable bonds is 3. The monoisotopic (exact) mass is 452 g/mol. The molecule has 0 saturated carbocycles. The van der Waals surface area contributed by atoms with E-state index in [9.17, 15) is 9.59 Å². The molecule has 1 aliphatic heterocycles. The van der Waals surface area contributed by atoms with Crippen molar-refractivity contribution in [3.63, 3.8) is 0 Å². The molecule has 2 atom stereocenters. The first-order valence-electron chi connectivity index (χ1n) is 8.02. The topological polar surface area (TPSA) is 43.4 Å². The predicted molar refractivity (Wildman–Crippen MR) is 101 cm³/mol. The van der Waals surface area contributed by atoms with E-state index in [2.05, 4.69) is 15.9 Å². The Kier molecular flexibility index (Phi) is 7.83. The van der Waals surface area contributed by atoms with Crippen LogP contribution in [0, 0.1) is 18.8 Å². The second-order valence-corrected chi connectivity index (χ2v) is 6.69. The Morgan fingerprint density at radius 3 is 2.23 bits per heavy atom. The van der Waals surface area contributed by atoms with Crippen molar-refractivity contribution in [2.75, 3.05) is 0 Å². The summed E-state index contributed by atoms with van der Waals surface area (Å²) in [5.74, 6) is -0.799. The van der Waals surface area contributed by atoms with Gasteiger partial charge in [0.1, 0.15) is 6.10 Å². The van der Waals surface area contributed by atoms with Crippen LogP contribution < -0.4 is 0 Å². The van der Waals surface area contributed by atoms with E-state index in [1.807, 2.05) is 67.5 Å². The van der Waals surface area contributed by atoms with Gasteiger partial charge in [0, 0.05) is 39.9 Å². The second kappa shape index (κ2) is 9.86. The van der Waals surface area contributed by atoms with Crippen LogP contribution in [0.3, 0.4) is 0 Å². The van der Waals surface area contributed by atoms with Crippen molar-refractivity contribution >= 4 is 27.7 Å². The van der Waals surface area contributed by atoms with Gasteiger partial charge in [-0.3, -0.25) is 9.59 Å². The van der Waals surface area contributed by atoms with Gasteiger partial charge in [0.25, 0.3) is 0 Å². The quantitative estimate of drug-likeness (QED) is 0.383. The number of halogens is 1. The van der Waals surface area contributed by atoms with Gasteiger partial charge in [-0.2, -0.15) is 0 Å². The van der Waals surface area contributed by atoms with Crippen LogP contribution in [-0.4, -0.2) is 17.9 Å². The molecule has 0 unspecified atom stereocenters. The summed E-state index contributed by atoms with van der Waals surface area (Å²) in [5.41, 5.74) is 1.49. The zero-order valence-electron chi connectivity index (χ0n) is 13.8. The number of cyclic esters (lactones) is 1. The number of carbonyl (C=O) groups is 2. The first-order valence-corrected chi connectivity index (χ1v) is 8.82. The van der Waals surface area contributed by atoms with Crippen molar-refractivity contribution in [3.05, 3.63) is 95.2 Å². The molecular weight excluding hydrogens is 436 g/mol. The second-order valence-electron chi connectivity index (χ2n) is 5.77. The van der Waals surface area contributed by atoms with Crippen molar-refractivity contribution in [2.24, 2.45) is 5.92 Å². The Labute approximate surface area is 172 Å². The van der Waals surface area contributed by atoms with E-state index in [4.69, 9.17) is 4.74 Å². The van der Waals surface area contributed by atoms with Crippen LogP contribution in [0.4, 0.5) is 0 Å². The SMILES string of the molecule is O=C1C[C@@H](C(=O)c2ccc(Br)cc2)[C@H](C2=C[CH]C=C2)O1.[CH]1C=CC=C1.[Fe].